The number of hydrogen-bond acceptors (Lipinski definition) is 5. The summed E-state index contributed by atoms with van der Waals surface area (Å²) in [6.45, 7) is 7.32. The van der Waals surface area contributed by atoms with E-state index >= 15 is 0 Å². The molecular weight excluding hydrogens is 246 g/mol. The Bertz CT molecular complexity index is 227. The molecule has 0 spiro atoms. The number of hydrogen-bond donors (Lipinski definition) is 2. The third-order valence-electron chi connectivity index (χ3n) is 3.51. The molecule has 1 heterocycles. The summed E-state index contributed by atoms with van der Waals surface area (Å²) in [5.41, 5.74) is 0. The molecule has 0 radical (unpaired) electrons. The van der Waals surface area contributed by atoms with Crippen LogP contribution in [0.5, 0.6) is 0 Å². The van der Waals surface area contributed by atoms with Crippen molar-refractivity contribution in [2.45, 2.75) is 45.0 Å². The fraction of sp³-hybridized carbons (Fsp3) is 1.00. The highest BCUT2D eigenvalue weighted by molar-refractivity contribution is 4.77. The molecule has 1 saturated heterocycles. The fourth-order valence-corrected chi connectivity index (χ4v) is 2.43. The van der Waals surface area contributed by atoms with Crippen molar-refractivity contribution in [1.29, 1.82) is 0 Å². The van der Waals surface area contributed by atoms with Gasteiger partial charge in [0.2, 0.25) is 0 Å². The van der Waals surface area contributed by atoms with Crippen molar-refractivity contribution in [2.24, 2.45) is 5.92 Å². The summed E-state index contributed by atoms with van der Waals surface area (Å²) >= 11 is 0. The van der Waals surface area contributed by atoms with Gasteiger partial charge in [0, 0.05) is 26.8 Å². The lowest BCUT2D eigenvalue weighted by atomic mass is 10.00. The summed E-state index contributed by atoms with van der Waals surface area (Å²) in [7, 11) is 1.64. The Kier molecular flexibility index (Phi) is 8.57. The van der Waals surface area contributed by atoms with Crippen molar-refractivity contribution in [3.8, 4) is 0 Å². The van der Waals surface area contributed by atoms with Gasteiger partial charge in [-0.3, -0.25) is 0 Å². The van der Waals surface area contributed by atoms with Crippen LogP contribution >= 0.6 is 0 Å². The van der Waals surface area contributed by atoms with Gasteiger partial charge in [-0.25, -0.2) is 0 Å². The van der Waals surface area contributed by atoms with Crippen LogP contribution in [-0.2, 0) is 14.2 Å². The summed E-state index contributed by atoms with van der Waals surface area (Å²) in [6.07, 6.45) is 2.10. The molecule has 0 amide bonds. The van der Waals surface area contributed by atoms with Gasteiger partial charge in [0.1, 0.15) is 0 Å². The summed E-state index contributed by atoms with van der Waals surface area (Å²) in [5.74, 6) is 0.575. The molecule has 0 aromatic rings. The molecule has 1 rings (SSSR count). The van der Waals surface area contributed by atoms with Crippen molar-refractivity contribution in [2.75, 3.05) is 40.0 Å². The van der Waals surface area contributed by atoms with Gasteiger partial charge < -0.3 is 24.6 Å². The van der Waals surface area contributed by atoms with Crippen LogP contribution in [0.15, 0.2) is 0 Å². The lowest BCUT2D eigenvalue weighted by Gasteiger charge is -2.19. The first-order chi connectivity index (χ1) is 9.17. The van der Waals surface area contributed by atoms with Crippen LogP contribution in [-0.4, -0.2) is 63.4 Å². The van der Waals surface area contributed by atoms with Gasteiger partial charge >= 0.3 is 0 Å². The van der Waals surface area contributed by atoms with E-state index < -0.39 is 6.10 Å². The molecule has 1 aliphatic heterocycles. The van der Waals surface area contributed by atoms with Gasteiger partial charge in [-0.2, -0.15) is 0 Å². The molecule has 19 heavy (non-hydrogen) atoms. The zero-order valence-corrected chi connectivity index (χ0v) is 12.4. The summed E-state index contributed by atoms with van der Waals surface area (Å²) in [4.78, 5) is 0. The molecule has 0 aromatic heterocycles. The summed E-state index contributed by atoms with van der Waals surface area (Å²) < 4.78 is 16.1. The number of ether oxygens (including phenoxy) is 3. The Balaban J connectivity index is 2.05. The lowest BCUT2D eigenvalue weighted by molar-refractivity contribution is -0.0313. The molecule has 1 aliphatic rings. The Hall–Kier alpha value is -0.200. The van der Waals surface area contributed by atoms with Gasteiger partial charge in [-0.05, 0) is 25.7 Å². The number of rotatable bonds is 10. The van der Waals surface area contributed by atoms with Crippen LogP contribution in [0.4, 0.5) is 0 Å². The molecule has 4 atom stereocenters. The Morgan fingerprint density at radius 3 is 2.89 bits per heavy atom. The zero-order valence-electron chi connectivity index (χ0n) is 12.4. The fourth-order valence-electron chi connectivity index (χ4n) is 2.43. The topological polar surface area (TPSA) is 60.0 Å². The molecule has 4 unspecified atom stereocenters. The first-order valence-corrected chi connectivity index (χ1v) is 7.28. The van der Waals surface area contributed by atoms with Crippen LogP contribution in [0.2, 0.25) is 0 Å². The summed E-state index contributed by atoms with van der Waals surface area (Å²) in [6, 6.07) is 0. The maximum atomic E-state index is 9.80. The maximum Gasteiger partial charge on any atom is 0.0897 e. The Morgan fingerprint density at radius 1 is 1.42 bits per heavy atom. The highest BCUT2D eigenvalue weighted by Crippen LogP contribution is 2.22. The molecular formula is C14H29NO4. The van der Waals surface area contributed by atoms with E-state index in [-0.39, 0.29) is 6.10 Å². The van der Waals surface area contributed by atoms with E-state index in [1.54, 1.807) is 7.11 Å². The second kappa shape index (κ2) is 9.66. The predicted molar refractivity (Wildman–Crippen MR) is 74.3 cm³/mol. The largest absolute Gasteiger partial charge is 0.389 e. The minimum absolute atomic E-state index is 0.0207. The predicted octanol–water partition coefficient (Wildman–Crippen LogP) is 0.804. The third-order valence-corrected chi connectivity index (χ3v) is 3.51. The number of methoxy groups -OCH3 is 1. The van der Waals surface area contributed by atoms with Gasteiger partial charge in [-0.15, -0.1) is 0 Å². The van der Waals surface area contributed by atoms with Crippen molar-refractivity contribution in [3.63, 3.8) is 0 Å². The Morgan fingerprint density at radius 2 is 2.21 bits per heavy atom. The van der Waals surface area contributed by atoms with E-state index in [1.165, 1.54) is 0 Å². The molecule has 114 valence electrons. The van der Waals surface area contributed by atoms with Gasteiger partial charge in [0.05, 0.1) is 31.5 Å². The highest BCUT2D eigenvalue weighted by atomic mass is 16.5. The van der Waals surface area contributed by atoms with E-state index in [1.807, 2.05) is 6.92 Å². The quantitative estimate of drug-likeness (QED) is 0.618. The van der Waals surface area contributed by atoms with Crippen molar-refractivity contribution in [3.05, 3.63) is 0 Å². The van der Waals surface area contributed by atoms with Gasteiger partial charge in [0.15, 0.2) is 0 Å². The zero-order chi connectivity index (χ0) is 14.1. The van der Waals surface area contributed by atoms with Crippen LogP contribution in [0.3, 0.4) is 0 Å². The minimum Gasteiger partial charge on any atom is -0.389 e. The van der Waals surface area contributed by atoms with E-state index in [4.69, 9.17) is 14.2 Å². The van der Waals surface area contributed by atoms with Crippen molar-refractivity contribution >= 4 is 0 Å². The molecule has 0 aliphatic carbocycles. The molecule has 0 saturated carbocycles. The molecule has 5 heteroatoms. The smallest absolute Gasteiger partial charge is 0.0897 e. The first kappa shape index (κ1) is 16.9. The second-order valence-corrected chi connectivity index (χ2v) is 5.28. The Labute approximate surface area is 116 Å². The van der Waals surface area contributed by atoms with Crippen molar-refractivity contribution in [1.82, 2.24) is 5.32 Å². The second-order valence-electron chi connectivity index (χ2n) is 5.28. The highest BCUT2D eigenvalue weighted by Gasteiger charge is 2.26. The monoisotopic (exact) mass is 275 g/mol. The average Bonchev–Trinajstić information content (AvgIpc) is 2.84. The molecule has 0 bridgehead atoms. The molecule has 5 nitrogen and oxygen atoms in total. The minimum atomic E-state index is -0.471. The average molecular weight is 275 g/mol. The van der Waals surface area contributed by atoms with E-state index in [2.05, 4.69) is 12.2 Å². The lowest BCUT2D eigenvalue weighted by Crippen LogP contribution is -2.36. The van der Waals surface area contributed by atoms with Gasteiger partial charge in [-0.1, -0.05) is 6.92 Å². The van der Waals surface area contributed by atoms with Crippen LogP contribution in [0, 0.1) is 5.92 Å². The number of aliphatic hydroxyl groups is 1. The third kappa shape index (κ3) is 6.68. The normalized spacial score (nSPS) is 26.5. The van der Waals surface area contributed by atoms with Crippen molar-refractivity contribution < 1.29 is 19.3 Å². The molecule has 2 N–H and O–H groups in total. The van der Waals surface area contributed by atoms with Crippen LogP contribution < -0.4 is 5.32 Å². The van der Waals surface area contributed by atoms with Crippen LogP contribution in [0.1, 0.15) is 26.7 Å². The molecule has 0 aromatic carbocycles. The van der Waals surface area contributed by atoms with E-state index in [0.717, 1.165) is 26.0 Å². The number of nitrogens with one attached hydrogen (secondary N) is 1. The molecule has 1 fully saturated rings. The standard InChI is InChI=1S/C14H29NO4/c1-4-14-12(5-6-18-14)7-15-8-13(16)10-19-11(2)9-17-3/h11-16H,4-10H2,1-3H3. The van der Waals surface area contributed by atoms with Crippen LogP contribution in [0.25, 0.3) is 0 Å². The number of aliphatic hydroxyl groups excluding tert-OH is 1. The maximum absolute atomic E-state index is 9.80. The first-order valence-electron chi connectivity index (χ1n) is 7.28. The SMILES string of the molecule is CCC1OCCC1CNCC(O)COC(C)COC. The van der Waals surface area contributed by atoms with E-state index in [9.17, 15) is 5.11 Å². The van der Waals surface area contributed by atoms with Gasteiger partial charge in [0.25, 0.3) is 0 Å². The summed E-state index contributed by atoms with van der Waals surface area (Å²) in [5, 5.41) is 13.1. The van der Waals surface area contributed by atoms with E-state index in [0.29, 0.717) is 31.8 Å².